The summed E-state index contributed by atoms with van der Waals surface area (Å²) in [5.74, 6) is 0.484. The molecule has 0 atom stereocenters. The molecule has 0 bridgehead atoms. The number of nitrogens with one attached hydrogen (secondary N) is 1. The number of carbonyl (C=O) groups is 1. The summed E-state index contributed by atoms with van der Waals surface area (Å²) in [7, 11) is -0.696. The van der Waals surface area contributed by atoms with Gasteiger partial charge in [0.1, 0.15) is 9.96 Å². The first-order valence-electron chi connectivity index (χ1n) is 9.40. The van der Waals surface area contributed by atoms with E-state index in [0.717, 1.165) is 52.6 Å². The van der Waals surface area contributed by atoms with Crippen molar-refractivity contribution in [3.8, 4) is 5.75 Å². The zero-order valence-corrected chi connectivity index (χ0v) is 18.9. The molecule has 3 rings (SSSR count). The summed E-state index contributed by atoms with van der Waals surface area (Å²) in [5.41, 5.74) is 0.899. The van der Waals surface area contributed by atoms with Gasteiger partial charge in [0.25, 0.3) is 10.0 Å². The lowest BCUT2D eigenvalue weighted by Crippen LogP contribution is -2.44. The molecular weight excluding hydrogens is 432 g/mol. The lowest BCUT2D eigenvalue weighted by molar-refractivity contribution is -0.121. The number of sulfonamides is 1. The third kappa shape index (κ3) is 4.77. The summed E-state index contributed by atoms with van der Waals surface area (Å²) in [4.78, 5) is 12.6. The van der Waals surface area contributed by atoms with Gasteiger partial charge in [0.2, 0.25) is 5.91 Å². The van der Waals surface area contributed by atoms with Crippen LogP contribution in [0.2, 0.25) is 4.34 Å². The normalized spacial score (nSPS) is 16.1. The number of thiophene rings is 1. The summed E-state index contributed by atoms with van der Waals surface area (Å²) < 4.78 is 32.3. The van der Waals surface area contributed by atoms with Crippen LogP contribution >= 0.6 is 22.9 Å². The molecule has 1 aliphatic rings. The highest BCUT2D eigenvalue weighted by molar-refractivity contribution is 7.91. The van der Waals surface area contributed by atoms with Crippen molar-refractivity contribution in [1.82, 2.24) is 9.62 Å². The van der Waals surface area contributed by atoms with E-state index >= 15 is 0 Å². The summed E-state index contributed by atoms with van der Waals surface area (Å²) in [6.07, 6.45) is 4.08. The van der Waals surface area contributed by atoms with Gasteiger partial charge in [-0.25, -0.2) is 8.42 Å². The minimum Gasteiger partial charge on any atom is -0.496 e. The van der Waals surface area contributed by atoms with E-state index in [1.165, 1.54) is 19.2 Å². The number of benzene rings is 1. The van der Waals surface area contributed by atoms with Crippen molar-refractivity contribution < 1.29 is 17.9 Å². The number of carbonyl (C=O) groups excluding carboxylic acids is 1. The van der Waals surface area contributed by atoms with E-state index in [-0.39, 0.29) is 22.1 Å². The molecule has 0 saturated heterocycles. The second kappa shape index (κ2) is 9.04. The van der Waals surface area contributed by atoms with Crippen LogP contribution in [0, 0.1) is 0 Å². The maximum absolute atomic E-state index is 12.6. The Kier molecular flexibility index (Phi) is 6.88. The van der Waals surface area contributed by atoms with E-state index in [9.17, 15) is 13.2 Å². The van der Waals surface area contributed by atoms with Gasteiger partial charge in [-0.15, -0.1) is 11.3 Å². The van der Waals surface area contributed by atoms with Crippen molar-refractivity contribution in [1.29, 1.82) is 0 Å². The van der Waals surface area contributed by atoms with Gasteiger partial charge in [-0.3, -0.25) is 4.79 Å². The fraction of sp³-hybridized carbons (Fsp3) is 0.450. The third-order valence-electron chi connectivity index (χ3n) is 5.44. The van der Waals surface area contributed by atoms with E-state index in [0.29, 0.717) is 10.9 Å². The Labute approximate surface area is 180 Å². The Balaban J connectivity index is 1.68. The van der Waals surface area contributed by atoms with E-state index in [1.807, 2.05) is 24.3 Å². The van der Waals surface area contributed by atoms with Crippen molar-refractivity contribution in [3.63, 3.8) is 0 Å². The van der Waals surface area contributed by atoms with Crippen LogP contribution in [0.25, 0.3) is 0 Å². The second-order valence-corrected chi connectivity index (χ2v) is 11.3. The van der Waals surface area contributed by atoms with E-state index in [1.54, 1.807) is 7.11 Å². The van der Waals surface area contributed by atoms with E-state index < -0.39 is 10.0 Å². The van der Waals surface area contributed by atoms with Crippen LogP contribution in [-0.2, 0) is 20.2 Å². The molecule has 9 heteroatoms. The molecule has 29 heavy (non-hydrogen) atoms. The van der Waals surface area contributed by atoms with Crippen LogP contribution in [0.15, 0.2) is 40.6 Å². The van der Waals surface area contributed by atoms with Gasteiger partial charge in [-0.05, 0) is 31.0 Å². The minimum absolute atomic E-state index is 0.124. The first-order chi connectivity index (χ1) is 13.8. The molecule has 0 aliphatic heterocycles. The molecule has 1 fully saturated rings. The number of halogens is 1. The summed E-state index contributed by atoms with van der Waals surface area (Å²) in [6.45, 7) is 0.199. The number of ether oxygens (including phenoxy) is 1. The van der Waals surface area contributed by atoms with Crippen molar-refractivity contribution in [3.05, 3.63) is 46.3 Å². The highest BCUT2D eigenvalue weighted by atomic mass is 35.5. The Hall–Kier alpha value is -1.61. The average molecular weight is 457 g/mol. The molecule has 1 aromatic carbocycles. The molecule has 1 amide bonds. The number of rotatable bonds is 8. The first-order valence-corrected chi connectivity index (χ1v) is 12.0. The predicted octanol–water partition coefficient (Wildman–Crippen LogP) is 3.66. The SMILES string of the molecule is COc1ccccc1C1(CNC(=O)CN(C)S(=O)(=O)c2ccc(Cl)s2)CCCC1. The summed E-state index contributed by atoms with van der Waals surface area (Å²) in [6, 6.07) is 10.9. The Morgan fingerprint density at radius 1 is 1.24 bits per heavy atom. The zero-order chi connectivity index (χ0) is 21.1. The lowest BCUT2D eigenvalue weighted by atomic mass is 9.78. The van der Waals surface area contributed by atoms with Gasteiger partial charge in [0.05, 0.1) is 18.0 Å². The molecule has 1 saturated carbocycles. The average Bonchev–Trinajstić information content (AvgIpc) is 3.36. The molecule has 0 spiro atoms. The number of para-hydroxylation sites is 1. The fourth-order valence-corrected chi connectivity index (χ4v) is 6.70. The molecule has 2 aromatic rings. The molecule has 1 N–H and O–H groups in total. The topological polar surface area (TPSA) is 75.7 Å². The molecule has 0 radical (unpaired) electrons. The Morgan fingerprint density at radius 2 is 1.93 bits per heavy atom. The van der Waals surface area contributed by atoms with Crippen molar-refractivity contribution >= 4 is 38.9 Å². The maximum Gasteiger partial charge on any atom is 0.252 e. The maximum atomic E-state index is 12.6. The second-order valence-electron chi connectivity index (χ2n) is 7.28. The molecule has 1 heterocycles. The summed E-state index contributed by atoms with van der Waals surface area (Å²) in [5, 5.41) is 2.95. The summed E-state index contributed by atoms with van der Waals surface area (Å²) >= 11 is 6.82. The van der Waals surface area contributed by atoms with Crippen molar-refractivity contribution in [2.24, 2.45) is 0 Å². The molecule has 158 valence electrons. The van der Waals surface area contributed by atoms with Crippen molar-refractivity contribution in [2.45, 2.75) is 35.3 Å². The van der Waals surface area contributed by atoms with Crippen LogP contribution in [0.3, 0.4) is 0 Å². The van der Waals surface area contributed by atoms with Crippen molar-refractivity contribution in [2.75, 3.05) is 27.2 Å². The zero-order valence-electron chi connectivity index (χ0n) is 16.5. The number of likely N-dealkylation sites (N-methyl/N-ethyl adjacent to an activating group) is 1. The largest absolute Gasteiger partial charge is 0.496 e. The number of methoxy groups -OCH3 is 1. The van der Waals surface area contributed by atoms with Gasteiger partial charge in [-0.1, -0.05) is 42.6 Å². The van der Waals surface area contributed by atoms with Crippen LogP contribution in [-0.4, -0.2) is 45.9 Å². The van der Waals surface area contributed by atoms with Crippen LogP contribution in [0.4, 0.5) is 0 Å². The first kappa shape index (κ1) is 22.1. The number of amides is 1. The molecule has 1 aromatic heterocycles. The van der Waals surface area contributed by atoms with Crippen LogP contribution in [0.1, 0.15) is 31.2 Å². The number of hydrogen-bond donors (Lipinski definition) is 1. The van der Waals surface area contributed by atoms with Gasteiger partial charge >= 0.3 is 0 Å². The molecule has 0 unspecified atom stereocenters. The van der Waals surface area contributed by atoms with Crippen LogP contribution < -0.4 is 10.1 Å². The van der Waals surface area contributed by atoms with Gasteiger partial charge in [0, 0.05) is 24.6 Å². The minimum atomic E-state index is -3.74. The standard InChI is InChI=1S/C20H25ClN2O4S2/c1-23(29(25,26)19-10-9-17(21)28-19)13-18(24)22-14-20(11-5-6-12-20)15-7-3-4-8-16(15)27-2/h3-4,7-10H,5-6,11-14H2,1-2H3,(H,22,24). The van der Waals surface area contributed by atoms with Gasteiger partial charge in [0.15, 0.2) is 0 Å². The van der Waals surface area contributed by atoms with E-state index in [4.69, 9.17) is 16.3 Å². The highest BCUT2D eigenvalue weighted by Gasteiger charge is 2.38. The lowest BCUT2D eigenvalue weighted by Gasteiger charge is -2.31. The highest BCUT2D eigenvalue weighted by Crippen LogP contribution is 2.44. The van der Waals surface area contributed by atoms with Gasteiger partial charge in [-0.2, -0.15) is 4.31 Å². The smallest absolute Gasteiger partial charge is 0.252 e. The Morgan fingerprint density at radius 3 is 2.55 bits per heavy atom. The third-order valence-corrected chi connectivity index (χ3v) is 8.94. The molecule has 6 nitrogen and oxygen atoms in total. The molecule has 1 aliphatic carbocycles. The number of hydrogen-bond acceptors (Lipinski definition) is 5. The van der Waals surface area contributed by atoms with E-state index in [2.05, 4.69) is 5.32 Å². The van der Waals surface area contributed by atoms with Crippen LogP contribution in [0.5, 0.6) is 5.75 Å². The fourth-order valence-electron chi connectivity index (χ4n) is 3.88. The quantitative estimate of drug-likeness (QED) is 0.657. The molecular formula is C20H25ClN2O4S2. The van der Waals surface area contributed by atoms with Gasteiger partial charge < -0.3 is 10.1 Å². The predicted molar refractivity (Wildman–Crippen MR) is 115 cm³/mol. The number of nitrogens with zero attached hydrogens (tertiary/aromatic N) is 1. The Bertz CT molecular complexity index is 968. The monoisotopic (exact) mass is 456 g/mol.